The lowest BCUT2D eigenvalue weighted by Crippen LogP contribution is -2.19. The standard InChI is InChI=1S/C21H17N3O4/c1-3-28-18-9-8-14(11-19(18)27-2)10-15(12-22)21(26)24-13-23-20(25)16-6-4-5-7-17(16)24/h4-11,13H,3H2,1-2H3/b15-10+. The van der Waals surface area contributed by atoms with Crippen molar-refractivity contribution in [3.05, 3.63) is 70.3 Å². The number of hydrogen-bond acceptors (Lipinski definition) is 6. The third-order valence-electron chi connectivity index (χ3n) is 4.05. The van der Waals surface area contributed by atoms with Crippen molar-refractivity contribution >= 4 is 22.9 Å². The van der Waals surface area contributed by atoms with Crippen LogP contribution < -0.4 is 15.0 Å². The number of carbonyl (C=O) groups excluding carboxylic acids is 1. The van der Waals surface area contributed by atoms with Gasteiger partial charge in [-0.1, -0.05) is 18.2 Å². The van der Waals surface area contributed by atoms with Gasteiger partial charge in [0.25, 0.3) is 11.5 Å². The molecule has 0 radical (unpaired) electrons. The molecule has 0 aliphatic heterocycles. The number of hydrogen-bond donors (Lipinski definition) is 0. The summed E-state index contributed by atoms with van der Waals surface area (Å²) in [4.78, 5) is 28.5. The van der Waals surface area contributed by atoms with Crippen molar-refractivity contribution in [1.29, 1.82) is 5.26 Å². The summed E-state index contributed by atoms with van der Waals surface area (Å²) in [5.74, 6) is 0.484. The molecular weight excluding hydrogens is 358 g/mol. The van der Waals surface area contributed by atoms with Crippen LogP contribution in [0.2, 0.25) is 0 Å². The highest BCUT2D eigenvalue weighted by atomic mass is 16.5. The number of allylic oxidation sites excluding steroid dienone is 1. The molecule has 1 aromatic heterocycles. The molecule has 1 heterocycles. The molecule has 28 heavy (non-hydrogen) atoms. The monoisotopic (exact) mass is 375 g/mol. The first kappa shape index (κ1) is 18.9. The Morgan fingerprint density at radius 2 is 2.04 bits per heavy atom. The number of para-hydroxylation sites is 1. The number of benzene rings is 2. The summed E-state index contributed by atoms with van der Waals surface area (Å²) >= 11 is 0. The molecule has 0 unspecified atom stereocenters. The van der Waals surface area contributed by atoms with E-state index in [0.717, 1.165) is 6.33 Å². The molecule has 140 valence electrons. The van der Waals surface area contributed by atoms with Gasteiger partial charge in [0.05, 0.1) is 24.6 Å². The van der Waals surface area contributed by atoms with Gasteiger partial charge in [-0.05, 0) is 42.8 Å². The number of nitriles is 1. The fourth-order valence-corrected chi connectivity index (χ4v) is 2.76. The summed E-state index contributed by atoms with van der Waals surface area (Å²) in [7, 11) is 1.51. The van der Waals surface area contributed by atoms with Crippen molar-refractivity contribution in [2.45, 2.75) is 6.92 Å². The second-order valence-corrected chi connectivity index (χ2v) is 5.76. The van der Waals surface area contributed by atoms with E-state index in [-0.39, 0.29) is 5.57 Å². The first-order chi connectivity index (χ1) is 13.6. The van der Waals surface area contributed by atoms with E-state index in [1.165, 1.54) is 17.8 Å². The maximum absolute atomic E-state index is 12.9. The Bertz CT molecular complexity index is 1170. The van der Waals surface area contributed by atoms with Crippen LogP contribution in [0.3, 0.4) is 0 Å². The van der Waals surface area contributed by atoms with Gasteiger partial charge < -0.3 is 9.47 Å². The molecule has 3 rings (SSSR count). The Kier molecular flexibility index (Phi) is 5.51. The summed E-state index contributed by atoms with van der Waals surface area (Å²) in [5, 5.41) is 9.82. The number of carbonyl (C=O) groups is 1. The molecule has 0 amide bonds. The molecule has 0 saturated heterocycles. The summed E-state index contributed by atoms with van der Waals surface area (Å²) in [6, 6.07) is 13.6. The minimum absolute atomic E-state index is 0.109. The second-order valence-electron chi connectivity index (χ2n) is 5.76. The predicted octanol–water partition coefficient (Wildman–Crippen LogP) is 3.05. The Hall–Kier alpha value is -3.92. The number of ether oxygens (including phenoxy) is 2. The predicted molar refractivity (Wildman–Crippen MR) is 104 cm³/mol. The second kappa shape index (κ2) is 8.18. The zero-order valence-electron chi connectivity index (χ0n) is 15.4. The fraction of sp³-hybridized carbons (Fsp3) is 0.143. The lowest BCUT2D eigenvalue weighted by Gasteiger charge is -2.10. The highest BCUT2D eigenvalue weighted by Gasteiger charge is 2.15. The van der Waals surface area contributed by atoms with E-state index in [2.05, 4.69) is 4.98 Å². The molecule has 7 nitrogen and oxygen atoms in total. The molecule has 2 aromatic carbocycles. The molecule has 0 spiro atoms. The third kappa shape index (κ3) is 3.62. The van der Waals surface area contributed by atoms with E-state index >= 15 is 0 Å². The largest absolute Gasteiger partial charge is 0.493 e. The van der Waals surface area contributed by atoms with Gasteiger partial charge in [0, 0.05) is 0 Å². The summed E-state index contributed by atoms with van der Waals surface area (Å²) in [6.45, 7) is 2.35. The molecule has 0 N–H and O–H groups in total. The molecule has 0 atom stereocenters. The fourth-order valence-electron chi connectivity index (χ4n) is 2.76. The summed E-state index contributed by atoms with van der Waals surface area (Å²) < 4.78 is 12.0. The molecule has 0 saturated carbocycles. The van der Waals surface area contributed by atoms with Crippen LogP contribution in [0.4, 0.5) is 0 Å². The Morgan fingerprint density at radius 3 is 2.75 bits per heavy atom. The van der Waals surface area contributed by atoms with Gasteiger partial charge in [0.2, 0.25) is 0 Å². The highest BCUT2D eigenvalue weighted by Crippen LogP contribution is 2.29. The van der Waals surface area contributed by atoms with Crippen LogP contribution in [0, 0.1) is 11.3 Å². The quantitative estimate of drug-likeness (QED) is 0.502. The van der Waals surface area contributed by atoms with Gasteiger partial charge in [0.1, 0.15) is 18.0 Å². The smallest absolute Gasteiger partial charge is 0.280 e. The van der Waals surface area contributed by atoms with Crippen molar-refractivity contribution in [2.24, 2.45) is 0 Å². The van der Waals surface area contributed by atoms with Gasteiger partial charge in [-0.25, -0.2) is 0 Å². The zero-order chi connectivity index (χ0) is 20.1. The minimum atomic E-state index is -0.584. The van der Waals surface area contributed by atoms with Crippen LogP contribution in [0.25, 0.3) is 17.0 Å². The molecule has 3 aromatic rings. The van der Waals surface area contributed by atoms with Crippen LogP contribution in [-0.4, -0.2) is 29.2 Å². The van der Waals surface area contributed by atoms with E-state index in [0.29, 0.717) is 34.6 Å². The number of aromatic nitrogens is 2. The Balaban J connectivity index is 2.05. The van der Waals surface area contributed by atoms with Gasteiger partial charge in [0.15, 0.2) is 11.5 Å². The normalized spacial score (nSPS) is 11.1. The van der Waals surface area contributed by atoms with E-state index in [1.807, 2.05) is 13.0 Å². The van der Waals surface area contributed by atoms with Crippen LogP contribution in [0.1, 0.15) is 17.3 Å². The Labute approximate surface area is 161 Å². The minimum Gasteiger partial charge on any atom is -0.493 e. The molecule has 0 bridgehead atoms. The van der Waals surface area contributed by atoms with Crippen molar-refractivity contribution < 1.29 is 14.3 Å². The maximum atomic E-state index is 12.9. The molecular formula is C21H17N3O4. The van der Waals surface area contributed by atoms with E-state index in [9.17, 15) is 14.9 Å². The number of rotatable bonds is 5. The first-order valence-electron chi connectivity index (χ1n) is 8.52. The number of nitrogens with zero attached hydrogens (tertiary/aromatic N) is 3. The van der Waals surface area contributed by atoms with Crippen molar-refractivity contribution in [3.8, 4) is 17.6 Å². The van der Waals surface area contributed by atoms with Gasteiger partial charge in [-0.15, -0.1) is 0 Å². The average Bonchev–Trinajstić information content (AvgIpc) is 2.73. The number of fused-ring (bicyclic) bond motifs is 1. The van der Waals surface area contributed by atoms with Gasteiger partial charge in [-0.3, -0.25) is 14.2 Å². The molecule has 0 fully saturated rings. The van der Waals surface area contributed by atoms with Crippen LogP contribution in [0.5, 0.6) is 11.5 Å². The van der Waals surface area contributed by atoms with E-state index < -0.39 is 11.5 Å². The van der Waals surface area contributed by atoms with Crippen LogP contribution in [-0.2, 0) is 0 Å². The first-order valence-corrected chi connectivity index (χ1v) is 8.52. The third-order valence-corrected chi connectivity index (χ3v) is 4.05. The van der Waals surface area contributed by atoms with E-state index in [4.69, 9.17) is 9.47 Å². The lowest BCUT2D eigenvalue weighted by atomic mass is 10.1. The zero-order valence-corrected chi connectivity index (χ0v) is 15.4. The SMILES string of the molecule is CCOc1ccc(/C=C(\C#N)C(=O)n2cnc(=O)c3ccccc32)cc1OC. The topological polar surface area (TPSA) is 94.2 Å². The summed E-state index contributed by atoms with van der Waals surface area (Å²) in [5.41, 5.74) is 0.446. The molecule has 7 heteroatoms. The van der Waals surface area contributed by atoms with Gasteiger partial charge >= 0.3 is 0 Å². The van der Waals surface area contributed by atoms with Crippen molar-refractivity contribution in [1.82, 2.24) is 9.55 Å². The molecule has 0 aliphatic rings. The van der Waals surface area contributed by atoms with Gasteiger partial charge in [-0.2, -0.15) is 10.2 Å². The highest BCUT2D eigenvalue weighted by molar-refractivity contribution is 6.06. The Morgan fingerprint density at radius 1 is 1.25 bits per heavy atom. The van der Waals surface area contributed by atoms with E-state index in [1.54, 1.807) is 42.5 Å². The maximum Gasteiger partial charge on any atom is 0.280 e. The number of methoxy groups -OCH3 is 1. The van der Waals surface area contributed by atoms with Crippen molar-refractivity contribution in [2.75, 3.05) is 13.7 Å². The lowest BCUT2D eigenvalue weighted by molar-refractivity contribution is 0.0964. The average molecular weight is 375 g/mol. The van der Waals surface area contributed by atoms with Crippen LogP contribution in [0.15, 0.2) is 59.2 Å². The summed E-state index contributed by atoms with van der Waals surface area (Å²) in [6.07, 6.45) is 2.59. The molecule has 0 aliphatic carbocycles. The van der Waals surface area contributed by atoms with Crippen LogP contribution >= 0.6 is 0 Å². The van der Waals surface area contributed by atoms with Crippen molar-refractivity contribution in [3.63, 3.8) is 0 Å².